The molecule has 1 aliphatic rings. The third-order valence-corrected chi connectivity index (χ3v) is 10.3. The van der Waals surface area contributed by atoms with Crippen LogP contribution in [0.1, 0.15) is 33.3 Å². The normalized spacial score (nSPS) is 25.5. The zero-order valence-corrected chi connectivity index (χ0v) is 18.9. The van der Waals surface area contributed by atoms with Gasteiger partial charge in [-0.1, -0.05) is 32.9 Å². The van der Waals surface area contributed by atoms with Gasteiger partial charge in [0, 0.05) is 0 Å². The summed E-state index contributed by atoms with van der Waals surface area (Å²) >= 11 is 0. The molecule has 0 N–H and O–H groups in total. The lowest BCUT2D eigenvalue weighted by Gasteiger charge is -2.41. The van der Waals surface area contributed by atoms with E-state index in [-0.39, 0.29) is 11.6 Å². The molecule has 1 aliphatic heterocycles. The Kier molecular flexibility index (Phi) is 6.73. The van der Waals surface area contributed by atoms with Crippen LogP contribution in [0.3, 0.4) is 0 Å². The van der Waals surface area contributed by atoms with Gasteiger partial charge >= 0.3 is 5.97 Å². The van der Waals surface area contributed by atoms with Crippen molar-refractivity contribution in [1.82, 2.24) is 0 Å². The van der Waals surface area contributed by atoms with Crippen molar-refractivity contribution in [2.75, 3.05) is 13.7 Å². The Morgan fingerprint density at radius 3 is 2.32 bits per heavy atom. The van der Waals surface area contributed by atoms with Crippen molar-refractivity contribution >= 4 is 20.6 Å². The predicted octanol–water partition coefficient (Wildman–Crippen LogP) is 3.73. The van der Waals surface area contributed by atoms with E-state index >= 15 is 0 Å². The number of hydrogen-bond acceptors (Lipinski definition) is 6. The third kappa shape index (κ3) is 4.64. The van der Waals surface area contributed by atoms with Gasteiger partial charge in [-0.05, 0) is 42.8 Å². The van der Waals surface area contributed by atoms with Crippen molar-refractivity contribution in [3.63, 3.8) is 0 Å². The molecule has 1 aromatic rings. The summed E-state index contributed by atoms with van der Waals surface area (Å²) in [6.45, 7) is 12.7. The third-order valence-electron chi connectivity index (χ3n) is 5.81. The lowest BCUT2D eigenvalue weighted by atomic mass is 9.86. The second-order valence-corrected chi connectivity index (χ2v) is 13.8. The monoisotopic (exact) mass is 408 g/mol. The summed E-state index contributed by atoms with van der Waals surface area (Å²) in [6.07, 6.45) is -0.624. The van der Waals surface area contributed by atoms with Crippen molar-refractivity contribution in [2.45, 2.75) is 64.6 Å². The highest BCUT2D eigenvalue weighted by Crippen LogP contribution is 2.43. The Morgan fingerprint density at radius 1 is 1.21 bits per heavy atom. The topological polar surface area (TPSA) is 71.1 Å². The number of hydrogen-bond donors (Lipinski definition) is 0. The largest absolute Gasteiger partial charge is 0.497 e. The smallest absolute Gasteiger partial charge is 0.322 e. The van der Waals surface area contributed by atoms with E-state index < -0.39 is 31.9 Å². The van der Waals surface area contributed by atoms with E-state index in [2.05, 4.69) is 33.9 Å². The lowest BCUT2D eigenvalue weighted by Crippen LogP contribution is -2.52. The molecule has 1 aromatic carbocycles. The highest BCUT2D eigenvalue weighted by atomic mass is 28.4. The second kappa shape index (κ2) is 8.35. The van der Waals surface area contributed by atoms with Gasteiger partial charge in [-0.25, -0.2) is 0 Å². The van der Waals surface area contributed by atoms with Gasteiger partial charge in [-0.3, -0.25) is 4.79 Å². The first-order valence-corrected chi connectivity index (χ1v) is 12.4. The molecule has 3 atom stereocenters. The minimum Gasteiger partial charge on any atom is -0.497 e. The molecule has 28 heavy (non-hydrogen) atoms. The average molecular weight is 409 g/mol. The molecule has 0 bridgehead atoms. The van der Waals surface area contributed by atoms with E-state index in [9.17, 15) is 9.59 Å². The standard InChI is InChI=1S/C21H32O6Si/c1-20(2,3)28(6,7)27-18-17(26-19(23)21(18,4)14-22)13-25-12-15-8-10-16(24-5)11-9-15/h8-11,14,17-18H,12-13H2,1-7H3/t17-,18?,21-/m1/s1. The molecular formula is C21H32O6Si. The highest BCUT2D eigenvalue weighted by Gasteiger charge is 2.58. The van der Waals surface area contributed by atoms with Crippen LogP contribution in [0.5, 0.6) is 5.75 Å². The van der Waals surface area contributed by atoms with Crippen molar-refractivity contribution in [2.24, 2.45) is 5.41 Å². The number of benzene rings is 1. The summed E-state index contributed by atoms with van der Waals surface area (Å²) in [6, 6.07) is 7.56. The van der Waals surface area contributed by atoms with Crippen LogP contribution in [-0.2, 0) is 30.1 Å². The minimum atomic E-state index is -2.22. The molecule has 0 radical (unpaired) electrons. The fraction of sp³-hybridized carbons (Fsp3) is 0.619. The number of carbonyl (C=O) groups excluding carboxylic acids is 2. The molecule has 0 saturated carbocycles. The number of cyclic esters (lactones) is 1. The average Bonchev–Trinajstić information content (AvgIpc) is 2.86. The van der Waals surface area contributed by atoms with E-state index in [0.29, 0.717) is 12.9 Å². The molecule has 7 heteroatoms. The molecule has 0 amide bonds. The summed E-state index contributed by atoms with van der Waals surface area (Å²) in [7, 11) is -0.603. The van der Waals surface area contributed by atoms with Crippen molar-refractivity contribution in [1.29, 1.82) is 0 Å². The first kappa shape index (κ1) is 22.6. The van der Waals surface area contributed by atoms with Crippen LogP contribution in [0.25, 0.3) is 0 Å². The highest BCUT2D eigenvalue weighted by molar-refractivity contribution is 6.74. The number of methoxy groups -OCH3 is 1. The van der Waals surface area contributed by atoms with Crippen molar-refractivity contribution in [3.8, 4) is 5.75 Å². The molecule has 156 valence electrons. The first-order chi connectivity index (χ1) is 12.9. The van der Waals surface area contributed by atoms with E-state index in [1.165, 1.54) is 0 Å². The van der Waals surface area contributed by atoms with Crippen LogP contribution in [0.15, 0.2) is 24.3 Å². The first-order valence-electron chi connectivity index (χ1n) is 9.50. The van der Waals surface area contributed by atoms with Gasteiger partial charge < -0.3 is 23.4 Å². The van der Waals surface area contributed by atoms with Crippen LogP contribution < -0.4 is 4.74 Å². The van der Waals surface area contributed by atoms with Crippen LogP contribution in [-0.4, -0.2) is 46.5 Å². The molecule has 1 heterocycles. The summed E-state index contributed by atoms with van der Waals surface area (Å²) in [5, 5.41) is -0.0586. The van der Waals surface area contributed by atoms with E-state index in [1.54, 1.807) is 14.0 Å². The SMILES string of the molecule is COc1ccc(COC[C@H]2OC(=O)[C@](C)(C=O)C2O[Si](C)(C)C(C)(C)C)cc1. The molecular weight excluding hydrogens is 376 g/mol. The molecule has 1 saturated heterocycles. The Morgan fingerprint density at radius 2 is 1.82 bits per heavy atom. The number of esters is 1. The zero-order valence-electron chi connectivity index (χ0n) is 17.9. The van der Waals surface area contributed by atoms with E-state index in [0.717, 1.165) is 11.3 Å². The summed E-state index contributed by atoms with van der Waals surface area (Å²) < 4.78 is 22.9. The minimum absolute atomic E-state index is 0.0586. The molecule has 2 rings (SSSR count). The molecule has 6 nitrogen and oxygen atoms in total. The van der Waals surface area contributed by atoms with Crippen molar-refractivity contribution < 1.29 is 28.2 Å². The Bertz CT molecular complexity index is 694. The lowest BCUT2D eigenvalue weighted by molar-refractivity contribution is -0.150. The van der Waals surface area contributed by atoms with Gasteiger partial charge in [-0.15, -0.1) is 0 Å². The summed E-state index contributed by atoms with van der Waals surface area (Å²) in [5.74, 6) is 0.224. The van der Waals surface area contributed by atoms with Gasteiger partial charge in [-0.2, -0.15) is 0 Å². The fourth-order valence-corrected chi connectivity index (χ4v) is 4.16. The molecule has 0 aliphatic carbocycles. The van der Waals surface area contributed by atoms with Crippen LogP contribution in [0.2, 0.25) is 18.1 Å². The quantitative estimate of drug-likeness (QED) is 0.282. The van der Waals surface area contributed by atoms with E-state index in [4.69, 9.17) is 18.6 Å². The van der Waals surface area contributed by atoms with Gasteiger partial charge in [0.2, 0.25) is 0 Å². The maximum absolute atomic E-state index is 12.4. The maximum Gasteiger partial charge on any atom is 0.322 e. The van der Waals surface area contributed by atoms with Gasteiger partial charge in [0.15, 0.2) is 14.4 Å². The van der Waals surface area contributed by atoms with E-state index in [1.807, 2.05) is 24.3 Å². The predicted molar refractivity (Wildman–Crippen MR) is 109 cm³/mol. The van der Waals surface area contributed by atoms with Gasteiger partial charge in [0.25, 0.3) is 0 Å². The van der Waals surface area contributed by atoms with Crippen molar-refractivity contribution in [3.05, 3.63) is 29.8 Å². The van der Waals surface area contributed by atoms with Gasteiger partial charge in [0.1, 0.15) is 23.6 Å². The Labute approximate surface area is 168 Å². The molecule has 1 unspecified atom stereocenters. The fourth-order valence-electron chi connectivity index (χ4n) is 2.77. The zero-order chi connectivity index (χ0) is 21.2. The number of carbonyl (C=O) groups is 2. The molecule has 0 aromatic heterocycles. The summed E-state index contributed by atoms with van der Waals surface area (Å²) in [4.78, 5) is 24.2. The Balaban J connectivity index is 2.09. The number of aldehydes is 1. The second-order valence-electron chi connectivity index (χ2n) is 9.01. The number of ether oxygens (including phenoxy) is 3. The molecule has 0 spiro atoms. The van der Waals surface area contributed by atoms with Crippen LogP contribution in [0, 0.1) is 5.41 Å². The Hall–Kier alpha value is -1.70. The maximum atomic E-state index is 12.4. The molecule has 1 fully saturated rings. The van der Waals surface area contributed by atoms with Crippen LogP contribution >= 0.6 is 0 Å². The van der Waals surface area contributed by atoms with Gasteiger partial charge in [0.05, 0.1) is 20.3 Å². The van der Waals surface area contributed by atoms with Crippen LogP contribution in [0.4, 0.5) is 0 Å². The summed E-state index contributed by atoms with van der Waals surface area (Å²) in [5.41, 5.74) is -0.339. The number of rotatable bonds is 8.